The van der Waals surface area contributed by atoms with Gasteiger partial charge in [-0.2, -0.15) is 0 Å². The van der Waals surface area contributed by atoms with Crippen molar-refractivity contribution in [3.8, 4) is 0 Å². The topological polar surface area (TPSA) is 37.3 Å². The monoisotopic (exact) mass is 163 g/mol. The van der Waals surface area contributed by atoms with E-state index in [9.17, 15) is 0 Å². The first kappa shape index (κ1) is 16.3. The molecule has 0 fully saturated rings. The van der Waals surface area contributed by atoms with Crippen LogP contribution in [0, 0.1) is 0 Å². The van der Waals surface area contributed by atoms with E-state index in [2.05, 4.69) is 0 Å². The minimum absolute atomic E-state index is 0. The van der Waals surface area contributed by atoms with Gasteiger partial charge in [0.1, 0.15) is 0 Å². The number of hydrogen-bond acceptors (Lipinski definition) is 1. The molecule has 0 aliphatic carbocycles. The van der Waals surface area contributed by atoms with Crippen LogP contribution in [0.3, 0.4) is 0 Å². The summed E-state index contributed by atoms with van der Waals surface area (Å²) in [6.07, 6.45) is 0. The van der Waals surface area contributed by atoms with Gasteiger partial charge in [0.25, 0.3) is 0 Å². The Kier molecular flexibility index (Phi) is 61.5. The molecule has 0 spiro atoms. The van der Waals surface area contributed by atoms with Gasteiger partial charge in [0.05, 0.1) is 17.4 Å². The van der Waals surface area contributed by atoms with Crippen LogP contribution in [0.2, 0.25) is 0 Å². The summed E-state index contributed by atoms with van der Waals surface area (Å²) in [5.41, 5.74) is 0. The van der Waals surface area contributed by atoms with Crippen LogP contribution in [0.1, 0.15) is 0 Å². The predicted octanol–water partition coefficient (Wildman–Crippen LogP) is -1.38. The molecule has 0 rings (SSSR count). The molecule has 0 heterocycles. The molecule has 0 aromatic heterocycles. The van der Waals surface area contributed by atoms with E-state index in [1.54, 1.807) is 0 Å². The molecule has 3 radical (unpaired) electrons. The summed E-state index contributed by atoms with van der Waals surface area (Å²) >= 11 is 0. The Bertz CT molecular complexity index is 17.1. The van der Waals surface area contributed by atoms with E-state index in [1.165, 1.54) is 0 Å². The molecule has 0 bridgehead atoms. The predicted molar refractivity (Wildman–Crippen MR) is 25.5 cm³/mol. The van der Waals surface area contributed by atoms with Gasteiger partial charge in [-0.25, -0.2) is 4.57 Å². The number of hydrogen-bond donors (Lipinski definition) is 1. The van der Waals surface area contributed by atoms with Crippen LogP contribution in [0.25, 0.3) is 0 Å². The Morgan fingerprint density at radius 1 is 1.60 bits per heavy atom. The Hall–Kier alpha value is 1.23. The molecule has 5 heavy (non-hydrogen) atoms. The van der Waals surface area contributed by atoms with Crippen LogP contribution in [0.5, 0.6) is 0 Å². The van der Waals surface area contributed by atoms with Gasteiger partial charge < -0.3 is 4.89 Å². The van der Waals surface area contributed by atoms with Crippen LogP contribution >= 0.6 is 8.69 Å². The van der Waals surface area contributed by atoms with Gasteiger partial charge in [0, 0.05) is 0 Å². The Morgan fingerprint density at radius 2 is 1.60 bits per heavy atom. The average molecular weight is 164 g/mol. The van der Waals surface area contributed by atoms with Crippen molar-refractivity contribution in [1.29, 1.82) is 0 Å². The molecule has 0 aromatic carbocycles. The Balaban J connectivity index is -0.0000000200. The molecule has 27 valence electrons. The fraction of sp³-hybridized carbons (Fsp3) is 0. The third-order valence-corrected chi connectivity index (χ3v) is 0. The SMILES string of the molecule is O=PO.[AlH].[GaH2]. The van der Waals surface area contributed by atoms with Crippen molar-refractivity contribution in [3.05, 3.63) is 0 Å². The van der Waals surface area contributed by atoms with E-state index in [4.69, 9.17) is 9.46 Å². The van der Waals surface area contributed by atoms with E-state index in [-0.39, 0.29) is 37.2 Å². The van der Waals surface area contributed by atoms with Crippen molar-refractivity contribution >= 4 is 45.8 Å². The van der Waals surface area contributed by atoms with Crippen molar-refractivity contribution < 1.29 is 9.46 Å². The molecule has 1 N–H and O–H groups in total. The van der Waals surface area contributed by atoms with E-state index in [0.29, 0.717) is 0 Å². The summed E-state index contributed by atoms with van der Waals surface area (Å²) in [7, 11) is -0.833. The van der Waals surface area contributed by atoms with Gasteiger partial charge in [0.15, 0.2) is 0 Å². The van der Waals surface area contributed by atoms with E-state index in [0.717, 1.165) is 0 Å². The van der Waals surface area contributed by atoms with Gasteiger partial charge in [-0.3, -0.25) is 0 Å². The average Bonchev–Trinajstić information content (AvgIpc) is 0.918. The Morgan fingerprint density at radius 3 is 1.60 bits per heavy atom. The fourth-order valence-electron chi connectivity index (χ4n) is 0. The quantitative estimate of drug-likeness (QED) is 0.353. The zero-order chi connectivity index (χ0) is 2.71. The van der Waals surface area contributed by atoms with Gasteiger partial charge >= 0.3 is 28.5 Å². The van der Waals surface area contributed by atoms with Crippen LogP contribution < -0.4 is 0 Å². The second-order valence-electron chi connectivity index (χ2n) is 0.0816. The molecule has 0 atom stereocenters. The molecule has 5 heteroatoms. The molecule has 0 aliphatic heterocycles. The third kappa shape index (κ3) is 36.1. The molecule has 2 nitrogen and oxygen atoms in total. The van der Waals surface area contributed by atoms with Crippen LogP contribution in [0.4, 0.5) is 0 Å². The summed E-state index contributed by atoms with van der Waals surface area (Å²) in [4.78, 5) is 6.99. The van der Waals surface area contributed by atoms with Crippen molar-refractivity contribution in [2.24, 2.45) is 0 Å². The van der Waals surface area contributed by atoms with Crippen molar-refractivity contribution in [1.82, 2.24) is 0 Å². The van der Waals surface area contributed by atoms with Gasteiger partial charge in [-0.1, -0.05) is 0 Å². The summed E-state index contributed by atoms with van der Waals surface area (Å²) in [5.74, 6) is 0. The van der Waals surface area contributed by atoms with Crippen molar-refractivity contribution in [2.45, 2.75) is 0 Å². The molecule has 0 unspecified atom stereocenters. The first-order chi connectivity index (χ1) is 1.41. The summed E-state index contributed by atoms with van der Waals surface area (Å²) in [5, 5.41) is 0. The molecular formula is H4AlGaO2P. The van der Waals surface area contributed by atoms with E-state index >= 15 is 0 Å². The minimum atomic E-state index is -0.833. The Labute approximate surface area is 55.4 Å². The summed E-state index contributed by atoms with van der Waals surface area (Å²) in [6.45, 7) is 0. The maximum absolute atomic E-state index is 8.46. The van der Waals surface area contributed by atoms with E-state index in [1.807, 2.05) is 0 Å². The molecule has 0 amide bonds. The van der Waals surface area contributed by atoms with Gasteiger partial charge in [-0.05, 0) is 0 Å². The number of rotatable bonds is 0. The second kappa shape index (κ2) is 18.8. The van der Waals surface area contributed by atoms with Crippen molar-refractivity contribution in [2.75, 3.05) is 0 Å². The summed E-state index contributed by atoms with van der Waals surface area (Å²) < 4.78 is 8.46. The molecule has 0 saturated heterocycles. The molecule has 0 aromatic rings. The van der Waals surface area contributed by atoms with Crippen LogP contribution in [-0.4, -0.2) is 42.0 Å². The first-order valence-corrected chi connectivity index (χ1v) is 1.15. The van der Waals surface area contributed by atoms with Gasteiger partial charge in [0.2, 0.25) is 0 Å². The molecular weight excluding hydrogens is 160 g/mol. The molecule has 0 aliphatic rings. The van der Waals surface area contributed by atoms with Crippen LogP contribution in [-0.2, 0) is 4.57 Å². The zero-order valence-electron chi connectivity index (χ0n) is 3.01. The van der Waals surface area contributed by atoms with Gasteiger partial charge in [-0.15, -0.1) is 0 Å². The molecule has 0 saturated carbocycles. The van der Waals surface area contributed by atoms with Crippen molar-refractivity contribution in [3.63, 3.8) is 0 Å². The van der Waals surface area contributed by atoms with Crippen LogP contribution in [0.15, 0.2) is 0 Å². The summed E-state index contributed by atoms with van der Waals surface area (Å²) in [6, 6.07) is 0. The van der Waals surface area contributed by atoms with E-state index < -0.39 is 8.69 Å². The maximum atomic E-state index is 8.46. The second-order valence-corrected chi connectivity index (χ2v) is 0.245. The normalized spacial score (nSPS) is 4.20. The first-order valence-electron chi connectivity index (χ1n) is 0.383. The third-order valence-electron chi connectivity index (χ3n) is 0. The standard InChI is InChI=1S/Al.Ga.HO2P.3H/c;;1-3-2;;;/h;;(H,1,2);;;. The zero-order valence-corrected chi connectivity index (χ0v) is 9.51. The fourth-order valence-corrected chi connectivity index (χ4v) is 0.